The van der Waals surface area contributed by atoms with E-state index in [1.165, 1.54) is 41.0 Å². The first-order chi connectivity index (χ1) is 12.0. The second-order valence-corrected chi connectivity index (χ2v) is 7.66. The van der Waals surface area contributed by atoms with Gasteiger partial charge in [0.1, 0.15) is 4.88 Å². The number of aryl methyl sites for hydroxylation is 3. The highest BCUT2D eigenvalue weighted by molar-refractivity contribution is 7.14. The molecule has 4 nitrogen and oxygen atoms in total. The Labute approximate surface area is 152 Å². The quantitative estimate of drug-likeness (QED) is 0.647. The molecule has 1 aromatic heterocycles. The molecule has 1 amide bonds. The standard InChI is InChI=1S/C20H23NO3S/c1-13-8-10-16(11-9-13)21-19(22)14(2)24-20(23)18-12-15-6-4-3-5-7-17(15)25-18/h8-12,14H,3-7H2,1-2H3,(H,21,22)/t14-/m1/s1. The van der Waals surface area contributed by atoms with Crippen LogP contribution in [-0.4, -0.2) is 18.0 Å². The topological polar surface area (TPSA) is 55.4 Å². The first kappa shape index (κ1) is 17.7. The molecule has 1 aliphatic carbocycles. The molecule has 1 N–H and O–H groups in total. The molecule has 0 spiro atoms. The average Bonchev–Trinajstić information content (AvgIpc) is 2.88. The van der Waals surface area contributed by atoms with Gasteiger partial charge in [-0.15, -0.1) is 11.3 Å². The lowest BCUT2D eigenvalue weighted by molar-refractivity contribution is -0.123. The molecule has 1 atom stereocenters. The van der Waals surface area contributed by atoms with Crippen LogP contribution in [0.5, 0.6) is 0 Å². The van der Waals surface area contributed by atoms with Crippen LogP contribution in [0, 0.1) is 6.92 Å². The Hall–Kier alpha value is -2.14. The fraction of sp³-hybridized carbons (Fsp3) is 0.400. The molecule has 3 rings (SSSR count). The van der Waals surface area contributed by atoms with E-state index in [1.807, 2.05) is 37.3 Å². The molecule has 0 aliphatic heterocycles. The van der Waals surface area contributed by atoms with E-state index in [4.69, 9.17) is 4.74 Å². The summed E-state index contributed by atoms with van der Waals surface area (Å²) in [4.78, 5) is 26.5. The minimum Gasteiger partial charge on any atom is -0.448 e. The number of amides is 1. The van der Waals surface area contributed by atoms with Crippen molar-refractivity contribution < 1.29 is 14.3 Å². The van der Waals surface area contributed by atoms with E-state index in [0.29, 0.717) is 10.6 Å². The molecule has 2 aromatic rings. The highest BCUT2D eigenvalue weighted by Crippen LogP contribution is 2.29. The molecule has 5 heteroatoms. The van der Waals surface area contributed by atoms with Gasteiger partial charge in [0, 0.05) is 10.6 Å². The van der Waals surface area contributed by atoms with Crippen LogP contribution < -0.4 is 5.32 Å². The Balaban J connectivity index is 1.60. The Bertz CT molecular complexity index is 740. The van der Waals surface area contributed by atoms with Crippen molar-refractivity contribution in [2.24, 2.45) is 0 Å². The zero-order valence-electron chi connectivity index (χ0n) is 14.6. The molecule has 132 valence electrons. The van der Waals surface area contributed by atoms with E-state index in [1.54, 1.807) is 6.92 Å². The van der Waals surface area contributed by atoms with Crippen LogP contribution in [0.4, 0.5) is 5.69 Å². The van der Waals surface area contributed by atoms with Gasteiger partial charge in [-0.1, -0.05) is 24.1 Å². The van der Waals surface area contributed by atoms with Crippen molar-refractivity contribution in [1.82, 2.24) is 0 Å². The maximum atomic E-state index is 12.4. The molecule has 0 bridgehead atoms. The largest absolute Gasteiger partial charge is 0.448 e. The fourth-order valence-electron chi connectivity index (χ4n) is 2.92. The lowest BCUT2D eigenvalue weighted by atomic mass is 10.1. The smallest absolute Gasteiger partial charge is 0.349 e. The third-order valence-corrected chi connectivity index (χ3v) is 5.64. The van der Waals surface area contributed by atoms with Crippen LogP contribution >= 0.6 is 11.3 Å². The summed E-state index contributed by atoms with van der Waals surface area (Å²) in [5.74, 6) is -0.736. The van der Waals surface area contributed by atoms with Gasteiger partial charge in [-0.05, 0) is 63.3 Å². The van der Waals surface area contributed by atoms with E-state index in [-0.39, 0.29) is 5.91 Å². The second-order valence-electron chi connectivity index (χ2n) is 6.52. The van der Waals surface area contributed by atoms with Gasteiger partial charge in [0.05, 0.1) is 0 Å². The van der Waals surface area contributed by atoms with Crippen LogP contribution in [0.2, 0.25) is 0 Å². The van der Waals surface area contributed by atoms with Gasteiger partial charge in [-0.3, -0.25) is 4.79 Å². The number of hydrogen-bond acceptors (Lipinski definition) is 4. The van der Waals surface area contributed by atoms with E-state index in [9.17, 15) is 9.59 Å². The monoisotopic (exact) mass is 357 g/mol. The first-order valence-corrected chi connectivity index (χ1v) is 9.54. The summed E-state index contributed by atoms with van der Waals surface area (Å²) in [6.07, 6.45) is 4.83. The van der Waals surface area contributed by atoms with Gasteiger partial charge in [0.25, 0.3) is 5.91 Å². The molecule has 25 heavy (non-hydrogen) atoms. The number of benzene rings is 1. The number of thiophene rings is 1. The average molecular weight is 357 g/mol. The summed E-state index contributed by atoms with van der Waals surface area (Å²) in [5.41, 5.74) is 3.09. The number of carbonyl (C=O) groups is 2. The maximum Gasteiger partial charge on any atom is 0.349 e. The molecule has 0 saturated heterocycles. The van der Waals surface area contributed by atoms with Crippen molar-refractivity contribution in [3.05, 3.63) is 51.2 Å². The number of nitrogens with one attached hydrogen (secondary N) is 1. The number of hydrogen-bond donors (Lipinski definition) is 1. The van der Waals surface area contributed by atoms with Gasteiger partial charge < -0.3 is 10.1 Å². The van der Waals surface area contributed by atoms with E-state index >= 15 is 0 Å². The third kappa shape index (κ3) is 4.48. The number of anilines is 1. The van der Waals surface area contributed by atoms with E-state index < -0.39 is 12.1 Å². The number of ether oxygens (including phenoxy) is 1. The zero-order valence-corrected chi connectivity index (χ0v) is 15.4. The summed E-state index contributed by atoms with van der Waals surface area (Å²) in [6.45, 7) is 3.58. The van der Waals surface area contributed by atoms with Crippen molar-refractivity contribution in [3.63, 3.8) is 0 Å². The summed E-state index contributed by atoms with van der Waals surface area (Å²) in [6, 6.07) is 9.45. The van der Waals surface area contributed by atoms with Crippen LogP contribution in [0.25, 0.3) is 0 Å². The van der Waals surface area contributed by atoms with Crippen molar-refractivity contribution in [3.8, 4) is 0 Å². The van der Waals surface area contributed by atoms with Crippen LogP contribution in [-0.2, 0) is 22.4 Å². The molecule has 0 radical (unpaired) electrons. The Kier molecular flexibility index (Phi) is 5.53. The Morgan fingerprint density at radius 3 is 2.60 bits per heavy atom. The predicted molar refractivity (Wildman–Crippen MR) is 100 cm³/mol. The van der Waals surface area contributed by atoms with Crippen LogP contribution in [0.15, 0.2) is 30.3 Å². The number of carbonyl (C=O) groups excluding carboxylic acids is 2. The fourth-order valence-corrected chi connectivity index (χ4v) is 4.06. The lowest BCUT2D eigenvalue weighted by Crippen LogP contribution is -2.29. The van der Waals surface area contributed by atoms with Crippen molar-refractivity contribution in [2.75, 3.05) is 5.32 Å². The molecular weight excluding hydrogens is 334 g/mol. The number of esters is 1. The first-order valence-electron chi connectivity index (χ1n) is 8.73. The Morgan fingerprint density at radius 1 is 1.12 bits per heavy atom. The van der Waals surface area contributed by atoms with Crippen LogP contribution in [0.3, 0.4) is 0 Å². The van der Waals surface area contributed by atoms with E-state index in [2.05, 4.69) is 5.32 Å². The van der Waals surface area contributed by atoms with Gasteiger partial charge >= 0.3 is 5.97 Å². The SMILES string of the molecule is Cc1ccc(NC(=O)[C@@H](C)OC(=O)c2cc3c(s2)CCCCC3)cc1. The molecule has 0 unspecified atom stereocenters. The maximum absolute atomic E-state index is 12.4. The minimum absolute atomic E-state index is 0.324. The molecule has 0 saturated carbocycles. The predicted octanol–water partition coefficient (Wildman–Crippen LogP) is 4.51. The summed E-state index contributed by atoms with van der Waals surface area (Å²) in [5, 5.41) is 2.77. The van der Waals surface area contributed by atoms with Crippen molar-refractivity contribution in [2.45, 2.75) is 52.1 Å². The second kappa shape index (κ2) is 7.83. The summed E-state index contributed by atoms with van der Waals surface area (Å²) >= 11 is 1.51. The van der Waals surface area contributed by atoms with Gasteiger partial charge in [0.15, 0.2) is 6.10 Å². The van der Waals surface area contributed by atoms with Crippen molar-refractivity contribution in [1.29, 1.82) is 0 Å². The molecular formula is C20H23NO3S. The Morgan fingerprint density at radius 2 is 1.84 bits per heavy atom. The third-order valence-electron chi connectivity index (χ3n) is 4.42. The van der Waals surface area contributed by atoms with Crippen LogP contribution in [0.1, 0.15) is 51.9 Å². The summed E-state index contributed by atoms with van der Waals surface area (Å²) < 4.78 is 5.36. The molecule has 1 aromatic carbocycles. The number of fused-ring (bicyclic) bond motifs is 1. The molecule has 1 aliphatic rings. The van der Waals surface area contributed by atoms with Gasteiger partial charge in [-0.2, -0.15) is 0 Å². The molecule has 1 heterocycles. The molecule has 0 fully saturated rings. The normalized spacial score (nSPS) is 15.0. The van der Waals surface area contributed by atoms with Gasteiger partial charge in [0.2, 0.25) is 0 Å². The lowest BCUT2D eigenvalue weighted by Gasteiger charge is -2.13. The van der Waals surface area contributed by atoms with E-state index in [0.717, 1.165) is 18.4 Å². The summed E-state index contributed by atoms with van der Waals surface area (Å²) in [7, 11) is 0. The highest BCUT2D eigenvalue weighted by Gasteiger charge is 2.22. The van der Waals surface area contributed by atoms with Gasteiger partial charge in [-0.25, -0.2) is 4.79 Å². The number of rotatable bonds is 4. The minimum atomic E-state index is -0.837. The van der Waals surface area contributed by atoms with Crippen molar-refractivity contribution >= 4 is 28.9 Å². The zero-order chi connectivity index (χ0) is 17.8. The highest BCUT2D eigenvalue weighted by atomic mass is 32.1.